The lowest BCUT2D eigenvalue weighted by atomic mass is 9.94. The number of nitrogens with one attached hydrogen (secondary N) is 2. The second-order valence-electron chi connectivity index (χ2n) is 6.64. The summed E-state index contributed by atoms with van der Waals surface area (Å²) in [4.78, 5) is 8.84. The van der Waals surface area contributed by atoms with Gasteiger partial charge in [-0.1, -0.05) is 20.8 Å². The Morgan fingerprint density at radius 1 is 1.29 bits per heavy atom. The van der Waals surface area contributed by atoms with Gasteiger partial charge in [-0.05, 0) is 13.8 Å². The van der Waals surface area contributed by atoms with Gasteiger partial charge in [-0.3, -0.25) is 0 Å². The largest absolute Gasteiger partial charge is 0.443 e. The van der Waals surface area contributed by atoms with Crippen LogP contribution < -0.4 is 10.6 Å². The molecule has 8 heteroatoms. The third-order valence-electron chi connectivity index (χ3n) is 3.61. The van der Waals surface area contributed by atoms with Crippen LogP contribution in [0.1, 0.15) is 51.0 Å². The smallest absolute Gasteiger partial charge is 0.213 e. The molecule has 0 aliphatic heterocycles. The van der Waals surface area contributed by atoms with E-state index < -0.39 is 0 Å². The lowest BCUT2D eigenvalue weighted by molar-refractivity contribution is 0.379. The van der Waals surface area contributed by atoms with E-state index in [0.717, 1.165) is 24.0 Å². The molecule has 0 atom stereocenters. The molecule has 0 aliphatic carbocycles. The van der Waals surface area contributed by atoms with Crippen LogP contribution in [0.25, 0.3) is 0 Å². The molecule has 0 saturated heterocycles. The second-order valence-corrected chi connectivity index (χ2v) is 6.64. The third kappa shape index (κ3) is 4.56. The van der Waals surface area contributed by atoms with Crippen molar-refractivity contribution in [2.45, 2.75) is 53.1 Å². The highest BCUT2D eigenvalue weighted by molar-refractivity contribution is 5.79. The zero-order valence-electron chi connectivity index (χ0n) is 15.3. The number of aromatic nitrogens is 4. The van der Waals surface area contributed by atoms with Gasteiger partial charge in [0.05, 0.1) is 12.7 Å². The van der Waals surface area contributed by atoms with Crippen molar-refractivity contribution in [2.75, 3.05) is 6.54 Å². The predicted molar refractivity (Wildman–Crippen MR) is 92.6 cm³/mol. The van der Waals surface area contributed by atoms with Crippen LogP contribution in [0.4, 0.5) is 0 Å². The molecule has 8 nitrogen and oxygen atoms in total. The molecule has 0 aliphatic rings. The van der Waals surface area contributed by atoms with Crippen molar-refractivity contribution in [1.82, 2.24) is 30.4 Å². The Bertz CT molecular complexity index is 694. The van der Waals surface area contributed by atoms with E-state index in [1.807, 2.05) is 25.5 Å². The summed E-state index contributed by atoms with van der Waals surface area (Å²) >= 11 is 0. The average Bonchev–Trinajstić information content (AvgIpc) is 3.11. The van der Waals surface area contributed by atoms with Gasteiger partial charge in [0.1, 0.15) is 18.1 Å². The minimum absolute atomic E-state index is 0.0487. The maximum Gasteiger partial charge on any atom is 0.213 e. The molecule has 0 spiro atoms. The Kier molecular flexibility index (Phi) is 5.58. The molecule has 2 aromatic rings. The molecule has 0 saturated carbocycles. The van der Waals surface area contributed by atoms with E-state index in [4.69, 9.17) is 4.42 Å². The molecule has 0 radical (unpaired) electrons. The predicted octanol–water partition coefficient (Wildman–Crippen LogP) is 1.66. The first-order valence-corrected chi connectivity index (χ1v) is 8.13. The van der Waals surface area contributed by atoms with E-state index in [1.165, 1.54) is 0 Å². The van der Waals surface area contributed by atoms with Gasteiger partial charge in [-0.15, -0.1) is 10.2 Å². The van der Waals surface area contributed by atoms with Gasteiger partial charge >= 0.3 is 0 Å². The molecule has 2 rings (SSSR count). The van der Waals surface area contributed by atoms with Gasteiger partial charge in [0, 0.05) is 19.0 Å². The number of nitrogens with zero attached hydrogens (tertiary/aromatic N) is 5. The van der Waals surface area contributed by atoms with E-state index in [-0.39, 0.29) is 5.41 Å². The van der Waals surface area contributed by atoms with E-state index >= 15 is 0 Å². The third-order valence-corrected chi connectivity index (χ3v) is 3.61. The zero-order chi connectivity index (χ0) is 17.7. The first kappa shape index (κ1) is 18.0. The Balaban J connectivity index is 1.99. The Morgan fingerprint density at radius 2 is 2.04 bits per heavy atom. The van der Waals surface area contributed by atoms with Crippen LogP contribution in [-0.4, -0.2) is 32.3 Å². The molecule has 0 fully saturated rings. The number of oxazole rings is 1. The molecule has 0 bridgehead atoms. The van der Waals surface area contributed by atoms with Crippen LogP contribution in [0.3, 0.4) is 0 Å². The van der Waals surface area contributed by atoms with Crippen LogP contribution in [0.15, 0.2) is 15.6 Å². The molecule has 0 amide bonds. The van der Waals surface area contributed by atoms with E-state index in [2.05, 4.69) is 51.6 Å². The fourth-order valence-corrected chi connectivity index (χ4v) is 1.98. The van der Waals surface area contributed by atoms with Gasteiger partial charge in [-0.2, -0.15) is 0 Å². The number of aliphatic imine (C=N–C) groups is 1. The van der Waals surface area contributed by atoms with Gasteiger partial charge in [0.15, 0.2) is 11.8 Å². The summed E-state index contributed by atoms with van der Waals surface area (Å²) in [5.41, 5.74) is -0.0487. The fraction of sp³-hybridized carbons (Fsp3) is 0.625. The lowest BCUT2D eigenvalue weighted by Gasteiger charge is -2.13. The summed E-state index contributed by atoms with van der Waals surface area (Å²) in [5, 5.41) is 14.6. The standard InChI is InChI=1S/C16H27N7O/c1-7-17-15(19-9-13-22-21-11(2)23(13)6)20-10-14-18-8-12(24-14)16(3,4)5/h8H,7,9-10H2,1-6H3,(H2,17,19,20). The number of aryl methyl sites for hydroxylation is 1. The van der Waals surface area contributed by atoms with Crippen molar-refractivity contribution < 1.29 is 4.42 Å². The number of rotatable bonds is 5. The summed E-state index contributed by atoms with van der Waals surface area (Å²) in [5.74, 6) is 3.88. The van der Waals surface area contributed by atoms with Crippen molar-refractivity contribution >= 4 is 5.96 Å². The van der Waals surface area contributed by atoms with Crippen LogP contribution >= 0.6 is 0 Å². The van der Waals surface area contributed by atoms with Gasteiger partial charge in [0.25, 0.3) is 0 Å². The number of hydrogen-bond acceptors (Lipinski definition) is 5. The fourth-order valence-electron chi connectivity index (χ4n) is 1.98. The first-order chi connectivity index (χ1) is 11.3. The minimum Gasteiger partial charge on any atom is -0.443 e. The Labute approximate surface area is 142 Å². The molecule has 132 valence electrons. The maximum atomic E-state index is 5.78. The van der Waals surface area contributed by atoms with Crippen LogP contribution in [0.2, 0.25) is 0 Å². The number of hydrogen-bond donors (Lipinski definition) is 2. The van der Waals surface area contributed by atoms with Crippen molar-refractivity contribution in [1.29, 1.82) is 0 Å². The summed E-state index contributed by atoms with van der Waals surface area (Å²) < 4.78 is 7.71. The molecule has 2 heterocycles. The van der Waals surface area contributed by atoms with Crippen LogP contribution in [0, 0.1) is 6.92 Å². The summed E-state index contributed by atoms with van der Waals surface area (Å²) in [7, 11) is 1.93. The van der Waals surface area contributed by atoms with Gasteiger partial charge in [-0.25, -0.2) is 9.98 Å². The van der Waals surface area contributed by atoms with Gasteiger partial charge < -0.3 is 19.6 Å². The molecular weight excluding hydrogens is 306 g/mol. The van der Waals surface area contributed by atoms with Crippen LogP contribution in [0.5, 0.6) is 0 Å². The van der Waals surface area contributed by atoms with Crippen molar-refractivity contribution in [3.63, 3.8) is 0 Å². The normalized spacial score (nSPS) is 12.5. The lowest BCUT2D eigenvalue weighted by Crippen LogP contribution is -2.37. The van der Waals surface area contributed by atoms with Gasteiger partial charge in [0.2, 0.25) is 5.89 Å². The minimum atomic E-state index is -0.0487. The monoisotopic (exact) mass is 333 g/mol. The van der Waals surface area contributed by atoms with E-state index in [1.54, 1.807) is 6.20 Å². The maximum absolute atomic E-state index is 5.78. The summed E-state index contributed by atoms with van der Waals surface area (Å²) in [6, 6.07) is 0. The summed E-state index contributed by atoms with van der Waals surface area (Å²) in [6.45, 7) is 11.9. The van der Waals surface area contributed by atoms with Crippen molar-refractivity contribution in [2.24, 2.45) is 12.0 Å². The highest BCUT2D eigenvalue weighted by atomic mass is 16.4. The molecule has 24 heavy (non-hydrogen) atoms. The highest BCUT2D eigenvalue weighted by Gasteiger charge is 2.19. The SMILES string of the molecule is CCNC(=NCc1nnc(C)n1C)NCc1ncc(C(C)(C)C)o1. The van der Waals surface area contributed by atoms with E-state index in [0.29, 0.717) is 24.9 Å². The van der Waals surface area contributed by atoms with Crippen molar-refractivity contribution in [3.05, 3.63) is 29.5 Å². The molecule has 2 aromatic heterocycles. The zero-order valence-corrected chi connectivity index (χ0v) is 15.3. The molecular formula is C16H27N7O. The molecule has 0 aromatic carbocycles. The quantitative estimate of drug-likeness (QED) is 0.638. The second kappa shape index (κ2) is 7.46. The Hall–Kier alpha value is -2.38. The topological polar surface area (TPSA) is 93.2 Å². The first-order valence-electron chi connectivity index (χ1n) is 8.13. The van der Waals surface area contributed by atoms with Crippen LogP contribution in [-0.2, 0) is 25.6 Å². The summed E-state index contributed by atoms with van der Waals surface area (Å²) in [6.07, 6.45) is 1.78. The average molecular weight is 333 g/mol. The number of guanidine groups is 1. The van der Waals surface area contributed by atoms with E-state index in [9.17, 15) is 0 Å². The molecule has 2 N–H and O–H groups in total. The highest BCUT2D eigenvalue weighted by Crippen LogP contribution is 2.22. The van der Waals surface area contributed by atoms with Crippen molar-refractivity contribution in [3.8, 4) is 0 Å². The molecule has 0 unspecified atom stereocenters. The Morgan fingerprint density at radius 3 is 2.58 bits per heavy atom.